The highest BCUT2D eigenvalue weighted by atomic mass is 16.6. The van der Waals surface area contributed by atoms with E-state index in [0.29, 0.717) is 37.2 Å². The Morgan fingerprint density at radius 2 is 1.78 bits per heavy atom. The van der Waals surface area contributed by atoms with E-state index in [1.165, 1.54) is 12.8 Å². The molecule has 1 saturated carbocycles. The summed E-state index contributed by atoms with van der Waals surface area (Å²) in [4.78, 5) is 43.6. The number of hydrogen-bond acceptors (Lipinski definition) is 6. The summed E-state index contributed by atoms with van der Waals surface area (Å²) in [7, 11) is 1.92. The predicted octanol–water partition coefficient (Wildman–Crippen LogP) is 3.19. The third kappa shape index (κ3) is 5.10. The number of carbonyl (C=O) groups excluding carboxylic acids is 3. The van der Waals surface area contributed by atoms with E-state index in [1.54, 1.807) is 6.92 Å². The van der Waals surface area contributed by atoms with Gasteiger partial charge in [-0.25, -0.2) is 4.79 Å². The summed E-state index contributed by atoms with van der Waals surface area (Å²) in [5.41, 5.74) is 0.892. The Bertz CT molecular complexity index is 989. The fourth-order valence-corrected chi connectivity index (χ4v) is 6.35. The molecular weight excluding hydrogens is 458 g/mol. The highest BCUT2D eigenvalue weighted by Crippen LogP contribution is 2.49. The van der Waals surface area contributed by atoms with Crippen molar-refractivity contribution in [3.63, 3.8) is 0 Å². The number of esters is 1. The quantitative estimate of drug-likeness (QED) is 0.562. The maximum absolute atomic E-state index is 13.1. The first-order valence-corrected chi connectivity index (χ1v) is 13.6. The molecule has 0 radical (unpaired) electrons. The van der Waals surface area contributed by atoms with Crippen molar-refractivity contribution in [2.75, 3.05) is 46.3 Å². The Balaban J connectivity index is 1.17. The van der Waals surface area contributed by atoms with E-state index < -0.39 is 5.60 Å². The number of benzene rings is 1. The van der Waals surface area contributed by atoms with Crippen LogP contribution in [0.3, 0.4) is 0 Å². The van der Waals surface area contributed by atoms with Crippen LogP contribution in [0.2, 0.25) is 0 Å². The summed E-state index contributed by atoms with van der Waals surface area (Å²) in [6.07, 6.45) is 6.93. The minimum absolute atomic E-state index is 0.00886. The van der Waals surface area contributed by atoms with E-state index in [1.807, 2.05) is 35.0 Å². The average Bonchev–Trinajstić information content (AvgIpc) is 3.49. The molecule has 2 amide bonds. The number of ether oxygens (including phenoxy) is 2. The van der Waals surface area contributed by atoms with E-state index in [9.17, 15) is 14.4 Å². The minimum Gasteiger partial charge on any atom is -0.490 e. The number of likely N-dealkylation sites (N-methyl/N-ethyl adjacent to an activating group) is 1. The Labute approximate surface area is 213 Å². The van der Waals surface area contributed by atoms with Crippen LogP contribution in [0.25, 0.3) is 0 Å². The Morgan fingerprint density at radius 3 is 2.44 bits per heavy atom. The smallest absolute Gasteiger partial charge is 0.339 e. The van der Waals surface area contributed by atoms with Crippen LogP contribution in [0.5, 0.6) is 5.75 Å². The number of fused-ring (bicyclic) bond motifs is 2. The first-order valence-electron chi connectivity index (χ1n) is 13.6. The van der Waals surface area contributed by atoms with Crippen LogP contribution in [0, 0.1) is 5.92 Å². The zero-order valence-corrected chi connectivity index (χ0v) is 21.7. The second-order valence-electron chi connectivity index (χ2n) is 11.0. The molecule has 3 fully saturated rings. The normalized spacial score (nSPS) is 26.7. The molecule has 4 aliphatic rings. The van der Waals surface area contributed by atoms with Crippen molar-refractivity contribution in [1.29, 1.82) is 0 Å². The van der Waals surface area contributed by atoms with Gasteiger partial charge in [0.2, 0.25) is 11.8 Å². The molecule has 1 aromatic rings. The Hall–Kier alpha value is -2.61. The van der Waals surface area contributed by atoms with Crippen molar-refractivity contribution < 1.29 is 23.9 Å². The standard InChI is InChI=1S/C28H39N3O5/c1-20(32)31-15-9-22(10-16-31)35-23-5-6-25-24(19-23)27(34)36-28(25)11-7-21(8-12-28)26(33)29(2)17-18-30-13-3-4-14-30/h5-6,19,21-22H,3-4,7-18H2,1-2H3. The number of amides is 2. The lowest BCUT2D eigenvalue weighted by Gasteiger charge is -2.37. The van der Waals surface area contributed by atoms with Crippen molar-refractivity contribution in [3.05, 3.63) is 29.3 Å². The third-order valence-corrected chi connectivity index (χ3v) is 8.65. The van der Waals surface area contributed by atoms with Gasteiger partial charge >= 0.3 is 5.97 Å². The number of carbonyl (C=O) groups is 3. The number of hydrogen-bond donors (Lipinski definition) is 0. The zero-order chi connectivity index (χ0) is 25.3. The highest BCUT2D eigenvalue weighted by molar-refractivity contribution is 5.95. The molecule has 0 aromatic heterocycles. The van der Waals surface area contributed by atoms with E-state index in [-0.39, 0.29) is 29.8 Å². The monoisotopic (exact) mass is 497 g/mol. The first kappa shape index (κ1) is 25.1. The zero-order valence-electron chi connectivity index (χ0n) is 21.7. The van der Waals surface area contributed by atoms with Crippen LogP contribution in [0.15, 0.2) is 18.2 Å². The number of rotatable bonds is 6. The molecule has 8 heteroatoms. The van der Waals surface area contributed by atoms with Gasteiger partial charge < -0.3 is 24.2 Å². The summed E-state index contributed by atoms with van der Waals surface area (Å²) in [5, 5.41) is 0. The summed E-state index contributed by atoms with van der Waals surface area (Å²) >= 11 is 0. The van der Waals surface area contributed by atoms with Gasteiger partial charge in [-0.15, -0.1) is 0 Å². The van der Waals surface area contributed by atoms with Gasteiger partial charge in [0.15, 0.2) is 0 Å². The van der Waals surface area contributed by atoms with Gasteiger partial charge in [-0.05, 0) is 63.7 Å². The van der Waals surface area contributed by atoms with Crippen LogP contribution < -0.4 is 4.74 Å². The summed E-state index contributed by atoms with van der Waals surface area (Å²) in [6.45, 7) is 7.00. The van der Waals surface area contributed by atoms with Gasteiger partial charge in [0.05, 0.1) is 5.56 Å². The van der Waals surface area contributed by atoms with Crippen molar-refractivity contribution in [2.45, 2.75) is 70.0 Å². The topological polar surface area (TPSA) is 79.4 Å². The van der Waals surface area contributed by atoms with Gasteiger partial charge in [0.1, 0.15) is 17.5 Å². The molecule has 1 spiro atoms. The molecule has 5 rings (SSSR count). The molecule has 0 bridgehead atoms. The van der Waals surface area contributed by atoms with Gasteiger partial charge in [0, 0.05) is 64.5 Å². The SMILES string of the molecule is CC(=O)N1CCC(Oc2ccc3c(c2)C(=O)OC32CCC(C(=O)N(C)CCN3CCCC3)CC2)CC1. The van der Waals surface area contributed by atoms with E-state index >= 15 is 0 Å². The summed E-state index contributed by atoms with van der Waals surface area (Å²) in [6, 6.07) is 5.72. The summed E-state index contributed by atoms with van der Waals surface area (Å²) < 4.78 is 12.1. The second-order valence-corrected chi connectivity index (χ2v) is 11.0. The minimum atomic E-state index is -0.622. The molecule has 3 heterocycles. The van der Waals surface area contributed by atoms with Crippen molar-refractivity contribution >= 4 is 17.8 Å². The molecule has 0 atom stereocenters. The van der Waals surface area contributed by atoms with Crippen LogP contribution in [-0.2, 0) is 19.9 Å². The third-order valence-electron chi connectivity index (χ3n) is 8.65. The van der Waals surface area contributed by atoms with Crippen molar-refractivity contribution in [1.82, 2.24) is 14.7 Å². The van der Waals surface area contributed by atoms with Crippen molar-refractivity contribution in [2.24, 2.45) is 5.92 Å². The van der Waals surface area contributed by atoms with E-state index in [0.717, 1.165) is 57.4 Å². The molecule has 8 nitrogen and oxygen atoms in total. The number of likely N-dealkylation sites (tertiary alicyclic amines) is 2. The first-order chi connectivity index (χ1) is 17.3. The molecule has 0 N–H and O–H groups in total. The molecular formula is C28H39N3O5. The molecule has 3 aliphatic heterocycles. The largest absolute Gasteiger partial charge is 0.490 e. The van der Waals surface area contributed by atoms with Gasteiger partial charge in [-0.1, -0.05) is 6.07 Å². The second kappa shape index (κ2) is 10.4. The predicted molar refractivity (Wildman–Crippen MR) is 135 cm³/mol. The van der Waals surface area contributed by atoms with E-state index in [2.05, 4.69) is 4.90 Å². The van der Waals surface area contributed by atoms with Crippen LogP contribution in [-0.4, -0.2) is 84.9 Å². The highest BCUT2D eigenvalue weighted by Gasteiger charge is 2.48. The molecule has 1 aromatic carbocycles. The van der Waals surface area contributed by atoms with E-state index in [4.69, 9.17) is 9.47 Å². The molecule has 36 heavy (non-hydrogen) atoms. The lowest BCUT2D eigenvalue weighted by Crippen LogP contribution is -2.41. The van der Waals surface area contributed by atoms with Crippen molar-refractivity contribution in [3.8, 4) is 5.75 Å². The molecule has 2 saturated heterocycles. The maximum Gasteiger partial charge on any atom is 0.339 e. The number of nitrogens with zero attached hydrogens (tertiary/aromatic N) is 3. The lowest BCUT2D eigenvalue weighted by molar-refractivity contribution is -0.137. The van der Waals surface area contributed by atoms with Gasteiger partial charge in [0.25, 0.3) is 0 Å². The maximum atomic E-state index is 13.1. The van der Waals surface area contributed by atoms with Crippen LogP contribution in [0.1, 0.15) is 74.2 Å². The Kier molecular flexibility index (Phi) is 7.24. The average molecular weight is 498 g/mol. The van der Waals surface area contributed by atoms with Crippen LogP contribution in [0.4, 0.5) is 0 Å². The molecule has 196 valence electrons. The lowest BCUT2D eigenvalue weighted by atomic mass is 9.74. The number of piperidine rings is 1. The Morgan fingerprint density at radius 1 is 1.08 bits per heavy atom. The summed E-state index contributed by atoms with van der Waals surface area (Å²) in [5.74, 6) is 0.685. The van der Waals surface area contributed by atoms with Gasteiger partial charge in [-0.3, -0.25) is 9.59 Å². The fourth-order valence-electron chi connectivity index (χ4n) is 6.35. The molecule has 1 aliphatic carbocycles. The van der Waals surface area contributed by atoms with Crippen LogP contribution >= 0.6 is 0 Å². The van der Waals surface area contributed by atoms with Gasteiger partial charge in [-0.2, -0.15) is 0 Å². The fraction of sp³-hybridized carbons (Fsp3) is 0.679. The molecule has 0 unspecified atom stereocenters.